The smallest absolute Gasteiger partial charge is 0.160 e. The first kappa shape index (κ1) is 30.7. The van der Waals surface area contributed by atoms with E-state index in [-0.39, 0.29) is 0 Å². The second-order valence-corrected chi connectivity index (χ2v) is 13.4. The lowest BCUT2D eigenvalue weighted by atomic mass is 9.93. The molecule has 3 nitrogen and oxygen atoms in total. The molecule has 0 saturated carbocycles. The van der Waals surface area contributed by atoms with E-state index in [9.17, 15) is 0 Å². The van der Waals surface area contributed by atoms with Crippen molar-refractivity contribution in [1.82, 2.24) is 9.97 Å². The predicted molar refractivity (Wildman–Crippen MR) is 219 cm³/mol. The lowest BCUT2D eigenvalue weighted by molar-refractivity contribution is 0.670. The molecule has 0 radical (unpaired) electrons. The molecule has 0 spiro atoms. The maximum absolute atomic E-state index is 6.54. The maximum Gasteiger partial charge on any atom is 0.160 e. The number of hydrogen-bond acceptors (Lipinski definition) is 3. The molecule has 10 aromatic rings. The third-order valence-electron chi connectivity index (χ3n) is 10.1. The first-order chi connectivity index (χ1) is 26.2. The Labute approximate surface area is 307 Å². The highest BCUT2D eigenvalue weighted by atomic mass is 16.3. The predicted octanol–water partition coefficient (Wildman–Crippen LogP) is 13.5. The van der Waals surface area contributed by atoms with Crippen molar-refractivity contribution in [2.24, 2.45) is 0 Å². The minimum absolute atomic E-state index is 0.677. The number of fused-ring (bicyclic) bond motifs is 4. The summed E-state index contributed by atoms with van der Waals surface area (Å²) in [6.07, 6.45) is 0. The van der Waals surface area contributed by atoms with Crippen LogP contribution in [0.2, 0.25) is 0 Å². The van der Waals surface area contributed by atoms with Gasteiger partial charge in [-0.3, -0.25) is 0 Å². The summed E-state index contributed by atoms with van der Waals surface area (Å²) in [6, 6.07) is 68.0. The van der Waals surface area contributed by atoms with Crippen LogP contribution >= 0.6 is 0 Å². The van der Waals surface area contributed by atoms with Crippen LogP contribution in [-0.2, 0) is 0 Å². The number of nitrogens with zero attached hydrogens (tertiary/aromatic N) is 2. The Bertz CT molecular complexity index is 2920. The van der Waals surface area contributed by atoms with E-state index in [0.717, 1.165) is 83.2 Å². The average Bonchev–Trinajstić information content (AvgIpc) is 3.63. The first-order valence-electron chi connectivity index (χ1n) is 17.9. The van der Waals surface area contributed by atoms with Gasteiger partial charge in [0.05, 0.1) is 11.4 Å². The molecule has 3 heteroatoms. The number of para-hydroxylation sites is 2. The van der Waals surface area contributed by atoms with Crippen molar-refractivity contribution >= 4 is 32.7 Å². The number of aromatic nitrogens is 2. The van der Waals surface area contributed by atoms with Crippen LogP contribution in [0, 0.1) is 0 Å². The first-order valence-corrected chi connectivity index (χ1v) is 17.9. The van der Waals surface area contributed by atoms with Crippen LogP contribution in [0.3, 0.4) is 0 Å². The van der Waals surface area contributed by atoms with Gasteiger partial charge in [-0.2, -0.15) is 0 Å². The summed E-state index contributed by atoms with van der Waals surface area (Å²) < 4.78 is 6.54. The average molecular weight is 677 g/mol. The van der Waals surface area contributed by atoms with Gasteiger partial charge >= 0.3 is 0 Å². The molecule has 0 amide bonds. The van der Waals surface area contributed by atoms with Crippen molar-refractivity contribution in [2.75, 3.05) is 0 Å². The summed E-state index contributed by atoms with van der Waals surface area (Å²) in [4.78, 5) is 10.6. The number of rotatable bonds is 6. The molecular weight excluding hydrogens is 645 g/mol. The van der Waals surface area contributed by atoms with Crippen molar-refractivity contribution in [3.8, 4) is 67.3 Å². The summed E-state index contributed by atoms with van der Waals surface area (Å²) in [5.74, 6) is 0.677. The second kappa shape index (κ2) is 12.9. The molecule has 0 aliphatic rings. The van der Waals surface area contributed by atoms with Gasteiger partial charge in [-0.1, -0.05) is 164 Å². The molecule has 2 aromatic heterocycles. The van der Waals surface area contributed by atoms with E-state index in [1.807, 2.05) is 18.2 Å². The summed E-state index contributed by atoms with van der Waals surface area (Å²) in [6.45, 7) is 0. The van der Waals surface area contributed by atoms with Crippen LogP contribution in [-0.4, -0.2) is 9.97 Å². The molecular formula is C50H32N2O. The largest absolute Gasteiger partial charge is 0.455 e. The van der Waals surface area contributed by atoms with Crippen molar-refractivity contribution in [1.29, 1.82) is 0 Å². The third-order valence-corrected chi connectivity index (χ3v) is 10.1. The number of hydrogen-bond donors (Lipinski definition) is 0. The zero-order valence-electron chi connectivity index (χ0n) is 28.8. The topological polar surface area (TPSA) is 38.9 Å². The number of furan rings is 1. The normalized spacial score (nSPS) is 11.4. The fourth-order valence-electron chi connectivity index (χ4n) is 7.46. The molecule has 0 aliphatic heterocycles. The Hall–Kier alpha value is -7.10. The standard InChI is InChI=1S/C50H32N2O/c1-3-13-33(14-4-1)35-25-27-37(28-26-35)50-51-46(32-47(52-50)43-22-11-18-36-17-7-8-19-41(36)43)40-30-38(34-15-5-2-6-16-34)29-39(31-40)42-21-12-23-45-44-20-9-10-24-48(44)53-49(42)45/h1-32H. The molecule has 0 aliphatic carbocycles. The van der Waals surface area contributed by atoms with E-state index in [0.29, 0.717) is 5.82 Å². The van der Waals surface area contributed by atoms with Crippen molar-refractivity contribution in [2.45, 2.75) is 0 Å². The van der Waals surface area contributed by atoms with Crippen molar-refractivity contribution in [3.05, 3.63) is 194 Å². The van der Waals surface area contributed by atoms with E-state index in [4.69, 9.17) is 14.4 Å². The van der Waals surface area contributed by atoms with Gasteiger partial charge in [0, 0.05) is 33.0 Å². The van der Waals surface area contributed by atoms with Gasteiger partial charge in [-0.15, -0.1) is 0 Å². The zero-order chi connectivity index (χ0) is 35.1. The van der Waals surface area contributed by atoms with Crippen LogP contribution in [0.25, 0.3) is 100.0 Å². The molecule has 0 bridgehead atoms. The second-order valence-electron chi connectivity index (χ2n) is 13.4. The van der Waals surface area contributed by atoms with Crippen LogP contribution in [0.5, 0.6) is 0 Å². The van der Waals surface area contributed by atoms with Gasteiger partial charge < -0.3 is 4.42 Å². The Morgan fingerprint density at radius 2 is 0.868 bits per heavy atom. The molecule has 0 atom stereocenters. The molecule has 8 aromatic carbocycles. The van der Waals surface area contributed by atoms with Crippen molar-refractivity contribution in [3.63, 3.8) is 0 Å². The van der Waals surface area contributed by atoms with Crippen LogP contribution in [0.1, 0.15) is 0 Å². The number of benzene rings is 8. The van der Waals surface area contributed by atoms with Gasteiger partial charge in [-0.05, 0) is 68.9 Å². The Balaban J connectivity index is 1.20. The Morgan fingerprint density at radius 1 is 0.321 bits per heavy atom. The van der Waals surface area contributed by atoms with E-state index in [1.165, 1.54) is 10.9 Å². The minimum Gasteiger partial charge on any atom is -0.455 e. The maximum atomic E-state index is 6.54. The SMILES string of the molecule is c1ccc(-c2ccc(-c3nc(-c4cc(-c5ccccc5)cc(-c5cccc6c5oc5ccccc56)c4)cc(-c4cccc5ccccc45)n3)cc2)cc1. The van der Waals surface area contributed by atoms with E-state index in [2.05, 4.69) is 176 Å². The minimum atomic E-state index is 0.677. The lowest BCUT2D eigenvalue weighted by Crippen LogP contribution is -1.97. The highest BCUT2D eigenvalue weighted by Crippen LogP contribution is 2.40. The molecule has 2 heterocycles. The zero-order valence-corrected chi connectivity index (χ0v) is 28.8. The van der Waals surface area contributed by atoms with Gasteiger partial charge in [0.15, 0.2) is 5.82 Å². The summed E-state index contributed by atoms with van der Waals surface area (Å²) in [5, 5.41) is 4.54. The molecule has 0 fully saturated rings. The third kappa shape index (κ3) is 5.65. The van der Waals surface area contributed by atoms with Gasteiger partial charge in [0.1, 0.15) is 11.2 Å². The molecule has 10 rings (SSSR count). The summed E-state index contributed by atoms with van der Waals surface area (Å²) >= 11 is 0. The van der Waals surface area contributed by atoms with Crippen LogP contribution in [0.15, 0.2) is 199 Å². The van der Waals surface area contributed by atoms with Gasteiger partial charge in [0.2, 0.25) is 0 Å². The Kier molecular flexibility index (Phi) is 7.47. The summed E-state index contributed by atoms with van der Waals surface area (Å²) in [5.41, 5.74) is 13.2. The quantitative estimate of drug-likeness (QED) is 0.176. The highest BCUT2D eigenvalue weighted by molar-refractivity contribution is 6.10. The van der Waals surface area contributed by atoms with E-state index < -0.39 is 0 Å². The Morgan fingerprint density at radius 3 is 1.68 bits per heavy atom. The molecule has 0 saturated heterocycles. The van der Waals surface area contributed by atoms with Crippen LogP contribution < -0.4 is 0 Å². The van der Waals surface area contributed by atoms with Crippen molar-refractivity contribution < 1.29 is 4.42 Å². The lowest BCUT2D eigenvalue weighted by Gasteiger charge is -2.14. The van der Waals surface area contributed by atoms with Gasteiger partial charge in [-0.25, -0.2) is 9.97 Å². The van der Waals surface area contributed by atoms with Crippen LogP contribution in [0.4, 0.5) is 0 Å². The molecule has 0 N–H and O–H groups in total. The van der Waals surface area contributed by atoms with Gasteiger partial charge in [0.25, 0.3) is 0 Å². The molecule has 0 unspecified atom stereocenters. The van der Waals surface area contributed by atoms with E-state index in [1.54, 1.807) is 0 Å². The van der Waals surface area contributed by atoms with E-state index >= 15 is 0 Å². The molecule has 53 heavy (non-hydrogen) atoms. The fourth-order valence-corrected chi connectivity index (χ4v) is 7.46. The fraction of sp³-hybridized carbons (Fsp3) is 0. The highest BCUT2D eigenvalue weighted by Gasteiger charge is 2.17. The molecule has 248 valence electrons. The summed E-state index contributed by atoms with van der Waals surface area (Å²) in [7, 11) is 0. The monoisotopic (exact) mass is 676 g/mol.